The maximum Gasteiger partial charge on any atom is 0.294 e. The van der Waals surface area contributed by atoms with Gasteiger partial charge in [-0.3, -0.25) is 19.3 Å². The van der Waals surface area contributed by atoms with Gasteiger partial charge in [0.1, 0.15) is 6.54 Å². The van der Waals surface area contributed by atoms with Crippen LogP contribution in [0.3, 0.4) is 0 Å². The van der Waals surface area contributed by atoms with Crippen LogP contribution in [0.5, 0.6) is 11.5 Å². The Morgan fingerprint density at radius 1 is 1.23 bits per heavy atom. The molecule has 7 nitrogen and oxygen atoms in total. The highest BCUT2D eigenvalue weighted by Gasteiger charge is 2.37. The molecule has 2 aliphatic rings. The number of thioether (sulfide) groups is 1. The first-order chi connectivity index (χ1) is 15.0. The Balaban J connectivity index is 1.83. The molecule has 0 aliphatic carbocycles. The van der Waals surface area contributed by atoms with Crippen molar-refractivity contribution in [3.05, 3.63) is 40.8 Å². The second kappa shape index (κ2) is 10.5. The van der Waals surface area contributed by atoms with Crippen LogP contribution >= 0.6 is 11.8 Å². The molecule has 3 rings (SSSR count). The quantitative estimate of drug-likeness (QED) is 0.448. The lowest BCUT2D eigenvalue weighted by atomic mass is 10.0. The number of rotatable bonds is 8. The Kier molecular flexibility index (Phi) is 7.79. The summed E-state index contributed by atoms with van der Waals surface area (Å²) in [6, 6.07) is 3.66. The summed E-state index contributed by atoms with van der Waals surface area (Å²) in [4.78, 5) is 40.9. The fourth-order valence-corrected chi connectivity index (χ4v) is 4.57. The molecule has 2 heterocycles. The second-order valence-corrected chi connectivity index (χ2v) is 8.34. The zero-order chi connectivity index (χ0) is 22.4. The van der Waals surface area contributed by atoms with Crippen molar-refractivity contribution >= 4 is 34.9 Å². The monoisotopic (exact) mass is 444 g/mol. The highest BCUT2D eigenvalue weighted by molar-refractivity contribution is 8.18. The van der Waals surface area contributed by atoms with Gasteiger partial charge in [-0.15, -0.1) is 6.58 Å². The molecule has 2 aliphatic heterocycles. The van der Waals surface area contributed by atoms with E-state index in [4.69, 9.17) is 9.47 Å². The minimum atomic E-state index is -0.445. The van der Waals surface area contributed by atoms with Crippen LogP contribution in [-0.4, -0.2) is 60.2 Å². The van der Waals surface area contributed by atoms with Crippen molar-refractivity contribution in [3.8, 4) is 11.5 Å². The number of hydrogen-bond donors (Lipinski definition) is 0. The summed E-state index contributed by atoms with van der Waals surface area (Å²) in [6.45, 7) is 7.28. The number of imide groups is 1. The van der Waals surface area contributed by atoms with Gasteiger partial charge in [-0.05, 0) is 68.1 Å². The fourth-order valence-electron chi connectivity index (χ4n) is 3.73. The zero-order valence-corrected chi connectivity index (χ0v) is 18.8. The van der Waals surface area contributed by atoms with Crippen LogP contribution in [0.1, 0.15) is 37.3 Å². The van der Waals surface area contributed by atoms with E-state index in [0.717, 1.165) is 41.5 Å². The predicted octanol–water partition coefficient (Wildman–Crippen LogP) is 3.87. The molecule has 2 saturated heterocycles. The van der Waals surface area contributed by atoms with Crippen molar-refractivity contribution in [2.24, 2.45) is 0 Å². The van der Waals surface area contributed by atoms with E-state index in [0.29, 0.717) is 43.2 Å². The van der Waals surface area contributed by atoms with Gasteiger partial charge in [0.2, 0.25) is 5.91 Å². The predicted molar refractivity (Wildman–Crippen MR) is 121 cm³/mol. The molecule has 1 aromatic rings. The van der Waals surface area contributed by atoms with E-state index in [1.165, 1.54) is 0 Å². The lowest BCUT2D eigenvalue weighted by molar-refractivity contribution is -0.136. The Morgan fingerprint density at radius 2 is 1.97 bits per heavy atom. The van der Waals surface area contributed by atoms with Crippen LogP contribution in [0.2, 0.25) is 0 Å². The van der Waals surface area contributed by atoms with Crippen LogP contribution in [0.4, 0.5) is 4.79 Å². The minimum Gasteiger partial charge on any atom is -0.493 e. The standard InChI is InChI=1S/C23H28N2O5S/c1-4-9-17-12-16(13-18(30-5-2)21(17)29-3)14-19-22(27)25(23(28)31-19)15-20(26)24-10-7-6-8-11-24/h4,12-14H,1,5-11,15H2,2-3H3/b19-14-. The highest BCUT2D eigenvalue weighted by Crippen LogP contribution is 2.37. The molecule has 3 amide bonds. The first-order valence-electron chi connectivity index (χ1n) is 10.5. The first-order valence-corrected chi connectivity index (χ1v) is 11.3. The molecule has 1 aromatic carbocycles. The smallest absolute Gasteiger partial charge is 0.294 e. The third-order valence-electron chi connectivity index (χ3n) is 5.20. The Hall–Kier alpha value is -2.74. The van der Waals surface area contributed by atoms with Gasteiger partial charge in [-0.1, -0.05) is 6.08 Å². The SMILES string of the molecule is C=CCc1cc(/C=C2\SC(=O)N(CC(=O)N3CCCCC3)C2=O)cc(OCC)c1OC. The van der Waals surface area contributed by atoms with Crippen LogP contribution in [-0.2, 0) is 16.0 Å². The third kappa shape index (κ3) is 5.31. The van der Waals surface area contributed by atoms with E-state index >= 15 is 0 Å². The number of amides is 3. The van der Waals surface area contributed by atoms with Gasteiger partial charge in [-0.2, -0.15) is 0 Å². The Morgan fingerprint density at radius 3 is 2.61 bits per heavy atom. The van der Waals surface area contributed by atoms with Gasteiger partial charge in [0.25, 0.3) is 11.1 Å². The van der Waals surface area contributed by atoms with Crippen LogP contribution in [0.15, 0.2) is 29.7 Å². The van der Waals surface area contributed by atoms with Crippen molar-refractivity contribution in [3.63, 3.8) is 0 Å². The summed E-state index contributed by atoms with van der Waals surface area (Å²) in [5.41, 5.74) is 1.59. The van der Waals surface area contributed by atoms with E-state index in [1.54, 1.807) is 30.2 Å². The van der Waals surface area contributed by atoms with E-state index in [1.807, 2.05) is 13.0 Å². The number of hydrogen-bond acceptors (Lipinski definition) is 6. The van der Waals surface area contributed by atoms with Crippen LogP contribution in [0.25, 0.3) is 6.08 Å². The molecule has 0 radical (unpaired) electrons. The van der Waals surface area contributed by atoms with Gasteiger partial charge >= 0.3 is 0 Å². The van der Waals surface area contributed by atoms with E-state index in [-0.39, 0.29) is 17.4 Å². The summed E-state index contributed by atoms with van der Waals surface area (Å²) in [5.74, 6) is 0.563. The number of carbonyl (C=O) groups is 3. The Labute approximate surface area is 187 Å². The van der Waals surface area contributed by atoms with Crippen molar-refractivity contribution < 1.29 is 23.9 Å². The third-order valence-corrected chi connectivity index (χ3v) is 6.10. The number of methoxy groups -OCH3 is 1. The molecule has 0 aromatic heterocycles. The van der Waals surface area contributed by atoms with Gasteiger partial charge in [0.05, 0.1) is 18.6 Å². The summed E-state index contributed by atoms with van der Waals surface area (Å²) < 4.78 is 11.2. The molecule has 2 fully saturated rings. The van der Waals surface area contributed by atoms with E-state index in [2.05, 4.69) is 6.58 Å². The fraction of sp³-hybridized carbons (Fsp3) is 0.435. The number of allylic oxidation sites excluding steroid dienone is 1. The van der Waals surface area contributed by atoms with Crippen molar-refractivity contribution in [2.45, 2.75) is 32.6 Å². The van der Waals surface area contributed by atoms with Gasteiger partial charge in [-0.25, -0.2) is 0 Å². The van der Waals surface area contributed by atoms with Crippen LogP contribution in [0, 0.1) is 0 Å². The van der Waals surface area contributed by atoms with Gasteiger partial charge < -0.3 is 14.4 Å². The number of benzene rings is 1. The molecule has 0 bridgehead atoms. The molecular weight excluding hydrogens is 416 g/mol. The minimum absolute atomic E-state index is 0.181. The lowest BCUT2D eigenvalue weighted by Gasteiger charge is -2.27. The summed E-state index contributed by atoms with van der Waals surface area (Å²) in [6.07, 6.45) is 7.01. The van der Waals surface area contributed by atoms with Crippen molar-refractivity contribution in [1.29, 1.82) is 0 Å². The summed E-state index contributed by atoms with van der Waals surface area (Å²) in [5, 5.41) is -0.425. The number of likely N-dealkylation sites (tertiary alicyclic amines) is 1. The Bertz CT molecular complexity index is 905. The average Bonchev–Trinajstić information content (AvgIpc) is 3.02. The number of piperidine rings is 1. The van der Waals surface area contributed by atoms with Crippen LogP contribution < -0.4 is 9.47 Å². The van der Waals surface area contributed by atoms with Gasteiger partial charge in [0, 0.05) is 18.7 Å². The van der Waals surface area contributed by atoms with E-state index < -0.39 is 11.1 Å². The second-order valence-electron chi connectivity index (χ2n) is 7.35. The number of carbonyl (C=O) groups excluding carboxylic acids is 3. The van der Waals surface area contributed by atoms with Crippen molar-refractivity contribution in [2.75, 3.05) is 33.4 Å². The molecule has 0 spiro atoms. The summed E-state index contributed by atoms with van der Waals surface area (Å²) in [7, 11) is 1.58. The molecule has 0 atom stereocenters. The van der Waals surface area contributed by atoms with Gasteiger partial charge in [0.15, 0.2) is 11.5 Å². The molecule has 0 N–H and O–H groups in total. The molecule has 0 saturated carbocycles. The molecule has 8 heteroatoms. The molecule has 166 valence electrons. The maximum atomic E-state index is 12.9. The largest absolute Gasteiger partial charge is 0.493 e. The average molecular weight is 445 g/mol. The molecule has 0 unspecified atom stereocenters. The zero-order valence-electron chi connectivity index (χ0n) is 18.0. The highest BCUT2D eigenvalue weighted by atomic mass is 32.2. The number of ether oxygens (including phenoxy) is 2. The molecule has 31 heavy (non-hydrogen) atoms. The summed E-state index contributed by atoms with van der Waals surface area (Å²) >= 11 is 0.849. The lowest BCUT2D eigenvalue weighted by Crippen LogP contribution is -2.44. The number of nitrogens with zero attached hydrogens (tertiary/aromatic N) is 2. The molecular formula is C23H28N2O5S. The first kappa shape index (κ1) is 22.9. The van der Waals surface area contributed by atoms with E-state index in [9.17, 15) is 14.4 Å². The van der Waals surface area contributed by atoms with Crippen molar-refractivity contribution in [1.82, 2.24) is 9.80 Å². The maximum absolute atomic E-state index is 12.9. The normalized spacial score (nSPS) is 17.9. The topological polar surface area (TPSA) is 76.2 Å².